The quantitative estimate of drug-likeness (QED) is 0.896. The standard InChI is InChI=1S/C19H26N4O2/c1-12-5-6-16(13(2)9-12)17-10-23(7-8-25-17)11-18(24)20-19-14(3)21-22-15(19)4/h5-6,9,17H,7-8,10-11H2,1-4H3,(H,20,24)(H,21,22). The number of nitrogens with zero attached hydrogens (tertiary/aromatic N) is 2. The largest absolute Gasteiger partial charge is 0.371 e. The van der Waals surface area contributed by atoms with E-state index < -0.39 is 0 Å². The van der Waals surface area contributed by atoms with E-state index in [1.807, 2.05) is 13.8 Å². The summed E-state index contributed by atoms with van der Waals surface area (Å²) < 4.78 is 5.95. The highest BCUT2D eigenvalue weighted by Crippen LogP contribution is 2.26. The summed E-state index contributed by atoms with van der Waals surface area (Å²) in [5.41, 5.74) is 6.16. The molecule has 0 saturated carbocycles. The molecule has 1 amide bonds. The van der Waals surface area contributed by atoms with Crippen molar-refractivity contribution >= 4 is 11.6 Å². The summed E-state index contributed by atoms with van der Waals surface area (Å²) in [5.74, 6) is -0.0196. The van der Waals surface area contributed by atoms with Crippen molar-refractivity contribution < 1.29 is 9.53 Å². The van der Waals surface area contributed by atoms with Gasteiger partial charge in [0.1, 0.15) is 0 Å². The summed E-state index contributed by atoms with van der Waals surface area (Å²) in [6, 6.07) is 6.42. The van der Waals surface area contributed by atoms with Crippen LogP contribution in [0.4, 0.5) is 5.69 Å². The van der Waals surface area contributed by atoms with E-state index in [2.05, 4.69) is 52.5 Å². The average molecular weight is 342 g/mol. The molecule has 0 radical (unpaired) electrons. The van der Waals surface area contributed by atoms with Crippen molar-refractivity contribution in [1.29, 1.82) is 0 Å². The predicted octanol–water partition coefficient (Wildman–Crippen LogP) is 2.66. The van der Waals surface area contributed by atoms with Crippen LogP contribution < -0.4 is 5.32 Å². The van der Waals surface area contributed by atoms with Crippen LogP contribution in [-0.4, -0.2) is 47.2 Å². The molecule has 3 rings (SSSR count). The highest BCUT2D eigenvalue weighted by atomic mass is 16.5. The third kappa shape index (κ3) is 4.08. The van der Waals surface area contributed by atoms with Gasteiger partial charge in [-0.1, -0.05) is 23.8 Å². The molecule has 1 aliphatic rings. The van der Waals surface area contributed by atoms with Gasteiger partial charge in [-0.05, 0) is 38.8 Å². The van der Waals surface area contributed by atoms with E-state index in [4.69, 9.17) is 4.74 Å². The number of aromatic nitrogens is 2. The summed E-state index contributed by atoms with van der Waals surface area (Å²) in [7, 11) is 0. The van der Waals surface area contributed by atoms with Crippen LogP contribution in [0.2, 0.25) is 0 Å². The Labute approximate surface area is 148 Å². The Morgan fingerprint density at radius 3 is 2.84 bits per heavy atom. The molecule has 1 fully saturated rings. The van der Waals surface area contributed by atoms with Crippen molar-refractivity contribution in [2.24, 2.45) is 0 Å². The molecular formula is C19H26N4O2. The molecule has 2 N–H and O–H groups in total. The highest BCUT2D eigenvalue weighted by Gasteiger charge is 2.25. The normalized spacial score (nSPS) is 18.3. The maximum absolute atomic E-state index is 12.4. The first kappa shape index (κ1) is 17.6. The molecular weight excluding hydrogens is 316 g/mol. The summed E-state index contributed by atoms with van der Waals surface area (Å²) in [5, 5.41) is 9.96. The van der Waals surface area contributed by atoms with Gasteiger partial charge in [0.2, 0.25) is 5.91 Å². The number of morpholine rings is 1. The van der Waals surface area contributed by atoms with E-state index in [0.29, 0.717) is 13.2 Å². The second-order valence-electron chi connectivity index (χ2n) is 6.81. The van der Waals surface area contributed by atoms with E-state index in [9.17, 15) is 4.79 Å². The Morgan fingerprint density at radius 2 is 2.16 bits per heavy atom. The van der Waals surface area contributed by atoms with Crippen molar-refractivity contribution in [2.75, 3.05) is 31.6 Å². The number of aryl methyl sites for hydroxylation is 4. The number of H-pyrrole nitrogens is 1. The van der Waals surface area contributed by atoms with Crippen LogP contribution in [0, 0.1) is 27.7 Å². The minimum Gasteiger partial charge on any atom is -0.371 e. The number of aromatic amines is 1. The number of ether oxygens (including phenoxy) is 1. The minimum absolute atomic E-state index is 0.0135. The zero-order chi connectivity index (χ0) is 18.0. The van der Waals surface area contributed by atoms with E-state index in [-0.39, 0.29) is 12.0 Å². The molecule has 1 aromatic heterocycles. The number of hydrogen-bond donors (Lipinski definition) is 2. The molecule has 1 atom stereocenters. The lowest BCUT2D eigenvalue weighted by molar-refractivity contribution is -0.119. The number of hydrogen-bond acceptors (Lipinski definition) is 4. The fraction of sp³-hybridized carbons (Fsp3) is 0.474. The van der Waals surface area contributed by atoms with Gasteiger partial charge in [0.25, 0.3) is 0 Å². The predicted molar refractivity (Wildman–Crippen MR) is 97.7 cm³/mol. The average Bonchev–Trinajstić information content (AvgIpc) is 2.87. The van der Waals surface area contributed by atoms with Crippen LogP contribution in [0.5, 0.6) is 0 Å². The molecule has 0 bridgehead atoms. The topological polar surface area (TPSA) is 70.2 Å². The lowest BCUT2D eigenvalue weighted by Crippen LogP contribution is -2.42. The second kappa shape index (κ2) is 7.37. The zero-order valence-electron chi connectivity index (χ0n) is 15.3. The first-order chi connectivity index (χ1) is 11.9. The molecule has 134 valence electrons. The molecule has 6 nitrogen and oxygen atoms in total. The zero-order valence-corrected chi connectivity index (χ0v) is 15.3. The first-order valence-electron chi connectivity index (χ1n) is 8.66. The molecule has 0 aliphatic carbocycles. The fourth-order valence-electron chi connectivity index (χ4n) is 3.34. The number of anilines is 1. The molecule has 1 aliphatic heterocycles. The van der Waals surface area contributed by atoms with Crippen molar-refractivity contribution in [3.05, 3.63) is 46.3 Å². The smallest absolute Gasteiger partial charge is 0.238 e. The van der Waals surface area contributed by atoms with Crippen molar-refractivity contribution in [3.8, 4) is 0 Å². The Bertz CT molecular complexity index is 749. The lowest BCUT2D eigenvalue weighted by Gasteiger charge is -2.33. The lowest BCUT2D eigenvalue weighted by atomic mass is 10.00. The SMILES string of the molecule is Cc1ccc(C2CN(CC(=O)Nc3c(C)n[nH]c3C)CCO2)c(C)c1. The first-order valence-corrected chi connectivity index (χ1v) is 8.66. The van der Waals surface area contributed by atoms with E-state index in [0.717, 1.165) is 30.2 Å². The Hall–Kier alpha value is -2.18. The van der Waals surface area contributed by atoms with Gasteiger partial charge < -0.3 is 10.1 Å². The molecule has 2 aromatic rings. The van der Waals surface area contributed by atoms with Gasteiger partial charge in [0.05, 0.1) is 36.3 Å². The molecule has 1 saturated heterocycles. The van der Waals surface area contributed by atoms with Gasteiger partial charge in [-0.25, -0.2) is 0 Å². The van der Waals surface area contributed by atoms with E-state index in [1.54, 1.807) is 0 Å². The number of amides is 1. The number of nitrogens with one attached hydrogen (secondary N) is 2. The minimum atomic E-state index is -0.0196. The van der Waals surface area contributed by atoms with E-state index in [1.165, 1.54) is 16.7 Å². The summed E-state index contributed by atoms with van der Waals surface area (Å²) in [6.45, 7) is 10.5. The van der Waals surface area contributed by atoms with Crippen LogP contribution in [0.15, 0.2) is 18.2 Å². The summed E-state index contributed by atoms with van der Waals surface area (Å²) in [4.78, 5) is 14.5. The monoisotopic (exact) mass is 342 g/mol. The van der Waals surface area contributed by atoms with Gasteiger partial charge in [0.15, 0.2) is 0 Å². The Kier molecular flexibility index (Phi) is 5.20. The van der Waals surface area contributed by atoms with Gasteiger partial charge in [-0.2, -0.15) is 5.10 Å². The Morgan fingerprint density at radius 1 is 1.36 bits per heavy atom. The van der Waals surface area contributed by atoms with Gasteiger partial charge in [0, 0.05) is 13.1 Å². The number of carbonyl (C=O) groups excluding carboxylic acids is 1. The van der Waals surface area contributed by atoms with Crippen LogP contribution in [-0.2, 0) is 9.53 Å². The third-order valence-electron chi connectivity index (χ3n) is 4.68. The highest BCUT2D eigenvalue weighted by molar-refractivity contribution is 5.93. The molecule has 25 heavy (non-hydrogen) atoms. The van der Waals surface area contributed by atoms with Gasteiger partial charge in [-0.15, -0.1) is 0 Å². The number of benzene rings is 1. The van der Waals surface area contributed by atoms with Crippen LogP contribution in [0.25, 0.3) is 0 Å². The second-order valence-corrected chi connectivity index (χ2v) is 6.81. The van der Waals surface area contributed by atoms with Crippen molar-refractivity contribution in [3.63, 3.8) is 0 Å². The molecule has 2 heterocycles. The molecule has 6 heteroatoms. The van der Waals surface area contributed by atoms with E-state index >= 15 is 0 Å². The summed E-state index contributed by atoms with van der Waals surface area (Å²) >= 11 is 0. The van der Waals surface area contributed by atoms with Crippen LogP contribution in [0.1, 0.15) is 34.2 Å². The fourth-order valence-corrected chi connectivity index (χ4v) is 3.34. The van der Waals surface area contributed by atoms with Crippen molar-refractivity contribution in [2.45, 2.75) is 33.8 Å². The maximum atomic E-state index is 12.4. The van der Waals surface area contributed by atoms with Crippen LogP contribution >= 0.6 is 0 Å². The van der Waals surface area contributed by atoms with Crippen LogP contribution in [0.3, 0.4) is 0 Å². The third-order valence-corrected chi connectivity index (χ3v) is 4.68. The molecule has 0 spiro atoms. The van der Waals surface area contributed by atoms with Gasteiger partial charge in [-0.3, -0.25) is 14.8 Å². The summed E-state index contributed by atoms with van der Waals surface area (Å²) in [6.07, 6.45) is 0.0135. The molecule has 1 unspecified atom stereocenters. The Balaban J connectivity index is 1.62. The number of rotatable bonds is 4. The van der Waals surface area contributed by atoms with Gasteiger partial charge >= 0.3 is 0 Å². The molecule has 1 aromatic carbocycles. The van der Waals surface area contributed by atoms with Crippen molar-refractivity contribution in [1.82, 2.24) is 15.1 Å². The maximum Gasteiger partial charge on any atom is 0.238 e. The number of carbonyl (C=O) groups is 1.